The van der Waals surface area contributed by atoms with Crippen molar-refractivity contribution in [2.75, 3.05) is 0 Å². The second-order valence-electron chi connectivity index (χ2n) is 5.23. The number of aromatic nitrogens is 1. The van der Waals surface area contributed by atoms with Crippen LogP contribution in [0.4, 0.5) is 4.39 Å². The molecule has 0 saturated heterocycles. The summed E-state index contributed by atoms with van der Waals surface area (Å²) in [6.45, 7) is 5.90. The second-order valence-corrected chi connectivity index (χ2v) is 5.23. The first-order valence-electron chi connectivity index (χ1n) is 7.09. The van der Waals surface area contributed by atoms with Gasteiger partial charge in [-0.2, -0.15) is 0 Å². The predicted molar refractivity (Wildman–Crippen MR) is 78.7 cm³/mol. The van der Waals surface area contributed by atoms with Crippen LogP contribution in [0.5, 0.6) is 5.75 Å². The van der Waals surface area contributed by atoms with E-state index in [1.54, 1.807) is 6.07 Å². The lowest BCUT2D eigenvalue weighted by Gasteiger charge is -2.11. The molecule has 4 nitrogen and oxygen atoms in total. The van der Waals surface area contributed by atoms with Crippen molar-refractivity contribution in [3.8, 4) is 5.75 Å². The fraction of sp³-hybridized carbons (Fsp3) is 0.438. The molecule has 1 heterocycles. The van der Waals surface area contributed by atoms with Crippen molar-refractivity contribution < 1.29 is 13.7 Å². The zero-order valence-electron chi connectivity index (χ0n) is 12.6. The summed E-state index contributed by atoms with van der Waals surface area (Å²) in [5.74, 6) is 0.546. The van der Waals surface area contributed by atoms with Crippen LogP contribution in [0.15, 0.2) is 22.7 Å². The Morgan fingerprint density at radius 2 is 2.14 bits per heavy atom. The van der Waals surface area contributed by atoms with Gasteiger partial charge in [0.2, 0.25) is 0 Å². The van der Waals surface area contributed by atoms with E-state index in [1.807, 2.05) is 26.8 Å². The van der Waals surface area contributed by atoms with Crippen molar-refractivity contribution in [2.24, 2.45) is 5.73 Å². The van der Waals surface area contributed by atoms with Gasteiger partial charge in [-0.1, -0.05) is 18.1 Å². The van der Waals surface area contributed by atoms with E-state index < -0.39 is 0 Å². The summed E-state index contributed by atoms with van der Waals surface area (Å²) in [5, 5.41) is 3.84. The molecule has 0 bridgehead atoms. The Hall–Kier alpha value is -1.88. The number of nitrogens with two attached hydrogens (primary N) is 1. The molecule has 0 saturated carbocycles. The zero-order chi connectivity index (χ0) is 15.4. The second kappa shape index (κ2) is 6.72. The van der Waals surface area contributed by atoms with Crippen molar-refractivity contribution in [3.05, 3.63) is 46.6 Å². The van der Waals surface area contributed by atoms with Gasteiger partial charge in [-0.15, -0.1) is 0 Å². The van der Waals surface area contributed by atoms with Crippen molar-refractivity contribution in [1.82, 2.24) is 5.16 Å². The zero-order valence-corrected chi connectivity index (χ0v) is 12.6. The highest BCUT2D eigenvalue weighted by Crippen LogP contribution is 2.22. The number of benzene rings is 1. The van der Waals surface area contributed by atoms with Gasteiger partial charge in [0.1, 0.15) is 12.4 Å². The van der Waals surface area contributed by atoms with Gasteiger partial charge >= 0.3 is 0 Å². The Labute approximate surface area is 124 Å². The Morgan fingerprint density at radius 1 is 1.38 bits per heavy atom. The summed E-state index contributed by atoms with van der Waals surface area (Å²) in [6, 6.07) is 5.03. The number of nitrogens with zero attached hydrogens (tertiary/aromatic N) is 1. The molecule has 2 aromatic rings. The van der Waals surface area contributed by atoms with E-state index in [9.17, 15) is 4.39 Å². The molecule has 1 atom stereocenters. The van der Waals surface area contributed by atoms with E-state index in [4.69, 9.17) is 15.0 Å². The molecule has 2 rings (SSSR count). The molecule has 5 heteroatoms. The van der Waals surface area contributed by atoms with Gasteiger partial charge in [0.05, 0.1) is 11.3 Å². The summed E-state index contributed by atoms with van der Waals surface area (Å²) < 4.78 is 24.6. The molecule has 1 aromatic heterocycles. The highest BCUT2D eigenvalue weighted by atomic mass is 19.1. The number of hydrogen-bond acceptors (Lipinski definition) is 4. The quantitative estimate of drug-likeness (QED) is 0.887. The molecular formula is C16H21FN2O2. The van der Waals surface area contributed by atoms with Crippen molar-refractivity contribution in [2.45, 2.75) is 46.3 Å². The van der Waals surface area contributed by atoms with Crippen LogP contribution in [0.3, 0.4) is 0 Å². The first kappa shape index (κ1) is 15.5. The molecule has 2 N–H and O–H groups in total. The normalized spacial score (nSPS) is 12.4. The maximum Gasteiger partial charge on any atom is 0.165 e. The van der Waals surface area contributed by atoms with Crippen LogP contribution in [0.2, 0.25) is 0 Å². The third-order valence-corrected chi connectivity index (χ3v) is 3.57. The lowest BCUT2D eigenvalue weighted by Crippen LogP contribution is -2.21. The van der Waals surface area contributed by atoms with Gasteiger partial charge in [0.15, 0.2) is 11.6 Å². The fourth-order valence-electron chi connectivity index (χ4n) is 2.09. The van der Waals surface area contributed by atoms with Crippen LogP contribution < -0.4 is 10.5 Å². The molecule has 0 amide bonds. The van der Waals surface area contributed by atoms with Crippen LogP contribution in [0, 0.1) is 19.7 Å². The van der Waals surface area contributed by atoms with Gasteiger partial charge in [-0.25, -0.2) is 4.39 Å². The first-order chi connectivity index (χ1) is 10.0. The van der Waals surface area contributed by atoms with Crippen LogP contribution in [0.1, 0.15) is 35.9 Å². The van der Waals surface area contributed by atoms with E-state index >= 15 is 0 Å². The van der Waals surface area contributed by atoms with Crippen LogP contribution in [0.25, 0.3) is 0 Å². The number of halogens is 1. The van der Waals surface area contributed by atoms with Gasteiger partial charge in [-0.05, 0) is 44.4 Å². The summed E-state index contributed by atoms with van der Waals surface area (Å²) in [6.07, 6.45) is 1.53. The Bertz CT molecular complexity index is 591. The minimum Gasteiger partial charge on any atom is -0.486 e. The van der Waals surface area contributed by atoms with E-state index in [-0.39, 0.29) is 24.2 Å². The summed E-state index contributed by atoms with van der Waals surface area (Å²) in [4.78, 5) is 0. The van der Waals surface area contributed by atoms with Gasteiger partial charge in [-0.3, -0.25) is 0 Å². The number of aryl methyl sites for hydroxylation is 2. The average Bonchev–Trinajstić information content (AvgIpc) is 2.77. The van der Waals surface area contributed by atoms with Crippen LogP contribution in [-0.4, -0.2) is 11.2 Å². The number of hydrogen-bond donors (Lipinski definition) is 1. The SMILES string of the molecule is CCC(N)Cc1ccc(OCc2c(C)noc2C)c(F)c1. The highest BCUT2D eigenvalue weighted by molar-refractivity contribution is 5.30. The largest absolute Gasteiger partial charge is 0.486 e. The smallest absolute Gasteiger partial charge is 0.165 e. The lowest BCUT2D eigenvalue weighted by atomic mass is 10.0. The maximum atomic E-state index is 14.0. The highest BCUT2D eigenvalue weighted by Gasteiger charge is 2.12. The van der Waals surface area contributed by atoms with Gasteiger partial charge in [0.25, 0.3) is 0 Å². The monoisotopic (exact) mass is 292 g/mol. The topological polar surface area (TPSA) is 61.3 Å². The van der Waals surface area contributed by atoms with Crippen molar-refractivity contribution >= 4 is 0 Å². The summed E-state index contributed by atoms with van der Waals surface area (Å²) >= 11 is 0. The van der Waals surface area contributed by atoms with Crippen LogP contribution >= 0.6 is 0 Å². The third-order valence-electron chi connectivity index (χ3n) is 3.57. The lowest BCUT2D eigenvalue weighted by molar-refractivity contribution is 0.286. The summed E-state index contributed by atoms with van der Waals surface area (Å²) in [5.41, 5.74) is 8.37. The summed E-state index contributed by atoms with van der Waals surface area (Å²) in [7, 11) is 0. The van der Waals surface area contributed by atoms with Gasteiger partial charge in [0, 0.05) is 6.04 Å². The van der Waals surface area contributed by atoms with Crippen molar-refractivity contribution in [3.63, 3.8) is 0 Å². The standard InChI is InChI=1S/C16H21FN2O2/c1-4-13(18)7-12-5-6-16(15(17)8-12)20-9-14-10(2)19-21-11(14)3/h5-6,8,13H,4,7,9,18H2,1-3H3. The van der Waals surface area contributed by atoms with E-state index in [0.717, 1.165) is 23.2 Å². The minimum absolute atomic E-state index is 0.0541. The molecule has 0 aliphatic carbocycles. The molecule has 0 fully saturated rings. The molecule has 21 heavy (non-hydrogen) atoms. The molecule has 0 aliphatic rings. The third kappa shape index (κ3) is 3.82. The molecular weight excluding hydrogens is 271 g/mol. The van der Waals surface area contributed by atoms with Crippen LogP contribution in [-0.2, 0) is 13.0 Å². The Morgan fingerprint density at radius 3 is 2.71 bits per heavy atom. The van der Waals surface area contributed by atoms with E-state index in [2.05, 4.69) is 5.16 Å². The Kier molecular flexibility index (Phi) is 4.96. The average molecular weight is 292 g/mol. The first-order valence-corrected chi connectivity index (χ1v) is 7.09. The molecule has 114 valence electrons. The molecule has 1 aromatic carbocycles. The molecule has 0 aliphatic heterocycles. The maximum absolute atomic E-state index is 14.0. The van der Waals surface area contributed by atoms with E-state index in [1.165, 1.54) is 6.07 Å². The van der Waals surface area contributed by atoms with Crippen molar-refractivity contribution in [1.29, 1.82) is 0 Å². The predicted octanol–water partition coefficient (Wildman–Crippen LogP) is 3.29. The fourth-order valence-corrected chi connectivity index (χ4v) is 2.09. The number of ether oxygens (including phenoxy) is 1. The molecule has 1 unspecified atom stereocenters. The Balaban J connectivity index is 2.04. The van der Waals surface area contributed by atoms with E-state index in [0.29, 0.717) is 12.2 Å². The molecule has 0 radical (unpaired) electrons. The minimum atomic E-state index is -0.373. The van der Waals surface area contributed by atoms with Gasteiger partial charge < -0.3 is 15.0 Å². The molecule has 0 spiro atoms. The number of rotatable bonds is 6.